The van der Waals surface area contributed by atoms with Gasteiger partial charge >= 0.3 is 0 Å². The number of fused-ring (bicyclic) bond motifs is 3. The molecule has 2 aliphatic heterocycles. The maximum Gasteiger partial charge on any atom is 0.240 e. The molecule has 5 rings (SSSR count). The first-order chi connectivity index (χ1) is 12.7. The minimum Gasteiger partial charge on any atom is -0.364 e. The average molecular weight is 365 g/mol. The fourth-order valence-corrected chi connectivity index (χ4v) is 4.88. The highest BCUT2D eigenvalue weighted by Crippen LogP contribution is 2.43. The number of likely N-dealkylation sites (tertiary alicyclic amines) is 1. The Morgan fingerprint density at radius 3 is 3.00 bits per heavy atom. The van der Waals surface area contributed by atoms with Crippen LogP contribution in [0.1, 0.15) is 17.5 Å². The Labute approximate surface area is 155 Å². The molecular weight excluding hydrogens is 346 g/mol. The van der Waals surface area contributed by atoms with E-state index in [1.807, 2.05) is 24.3 Å². The van der Waals surface area contributed by atoms with Crippen molar-refractivity contribution < 1.29 is 9.53 Å². The second-order valence-electron chi connectivity index (χ2n) is 6.94. The molecule has 132 valence electrons. The zero-order valence-corrected chi connectivity index (χ0v) is 15.1. The molecule has 0 radical (unpaired) electrons. The Morgan fingerprint density at radius 1 is 1.23 bits per heavy atom. The standard InChI is InChI=1S/C20H19N3O2S/c24-18(22-19-21-16-7-3-4-8-17(16)26-19)11-23-10-9-20(13-23)15-6-2-1-5-14(15)12-25-20/h1-8H,9-13H2,(H,21,22,24). The molecule has 2 aromatic carbocycles. The van der Waals surface area contributed by atoms with Gasteiger partial charge in [-0.25, -0.2) is 4.98 Å². The van der Waals surface area contributed by atoms with Gasteiger partial charge in [0.05, 0.1) is 23.4 Å². The number of nitrogens with one attached hydrogen (secondary N) is 1. The summed E-state index contributed by atoms with van der Waals surface area (Å²) in [5.74, 6) is -0.0209. The first kappa shape index (κ1) is 15.9. The molecule has 26 heavy (non-hydrogen) atoms. The molecule has 3 aromatic rings. The molecule has 5 nitrogen and oxygen atoms in total. The van der Waals surface area contributed by atoms with Crippen molar-refractivity contribution in [3.05, 3.63) is 59.7 Å². The summed E-state index contributed by atoms with van der Waals surface area (Å²) in [6.07, 6.45) is 0.929. The molecule has 6 heteroatoms. The lowest BCUT2D eigenvalue weighted by molar-refractivity contribution is -0.117. The number of anilines is 1. The summed E-state index contributed by atoms with van der Waals surface area (Å²) in [5, 5.41) is 3.60. The summed E-state index contributed by atoms with van der Waals surface area (Å²) in [7, 11) is 0. The predicted octanol–water partition coefficient (Wildman–Crippen LogP) is 3.37. The van der Waals surface area contributed by atoms with Crippen LogP contribution in [0.15, 0.2) is 48.5 Å². The molecule has 1 N–H and O–H groups in total. The van der Waals surface area contributed by atoms with Gasteiger partial charge in [0.25, 0.3) is 0 Å². The highest BCUT2D eigenvalue weighted by atomic mass is 32.1. The molecular formula is C20H19N3O2S. The van der Waals surface area contributed by atoms with Crippen molar-refractivity contribution in [1.82, 2.24) is 9.88 Å². The van der Waals surface area contributed by atoms with E-state index in [0.29, 0.717) is 18.3 Å². The van der Waals surface area contributed by atoms with E-state index >= 15 is 0 Å². The van der Waals surface area contributed by atoms with Crippen molar-refractivity contribution in [2.75, 3.05) is 25.0 Å². The van der Waals surface area contributed by atoms with Crippen molar-refractivity contribution in [2.45, 2.75) is 18.6 Å². The van der Waals surface area contributed by atoms with Gasteiger partial charge in [-0.05, 0) is 29.7 Å². The number of carbonyl (C=O) groups excluding carboxylic acids is 1. The fraction of sp³-hybridized carbons (Fsp3) is 0.300. The summed E-state index contributed by atoms with van der Waals surface area (Å²) in [6.45, 7) is 2.66. The number of thiazole rings is 1. The third-order valence-corrected chi connectivity index (χ3v) is 6.18. The summed E-state index contributed by atoms with van der Waals surface area (Å²) >= 11 is 1.51. The Balaban J connectivity index is 1.25. The van der Waals surface area contributed by atoms with E-state index in [4.69, 9.17) is 4.74 Å². The molecule has 1 aromatic heterocycles. The molecule has 1 saturated heterocycles. The highest BCUT2D eigenvalue weighted by Gasteiger charge is 2.45. The Morgan fingerprint density at radius 2 is 2.08 bits per heavy atom. The lowest BCUT2D eigenvalue weighted by Gasteiger charge is -2.24. The van der Waals surface area contributed by atoms with E-state index < -0.39 is 0 Å². The lowest BCUT2D eigenvalue weighted by Crippen LogP contribution is -2.35. The number of hydrogen-bond acceptors (Lipinski definition) is 5. The largest absolute Gasteiger partial charge is 0.364 e. The number of para-hydroxylation sites is 1. The number of aromatic nitrogens is 1. The second kappa shape index (κ2) is 6.16. The molecule has 1 unspecified atom stereocenters. The van der Waals surface area contributed by atoms with E-state index in [1.54, 1.807) is 0 Å². The Kier molecular flexibility index (Phi) is 3.77. The second-order valence-corrected chi connectivity index (χ2v) is 7.97. The number of amides is 1. The first-order valence-electron chi connectivity index (χ1n) is 8.82. The van der Waals surface area contributed by atoms with Crippen LogP contribution in [-0.2, 0) is 21.7 Å². The Bertz CT molecular complexity index is 953. The van der Waals surface area contributed by atoms with Crippen LogP contribution in [0.3, 0.4) is 0 Å². The highest BCUT2D eigenvalue weighted by molar-refractivity contribution is 7.22. The van der Waals surface area contributed by atoms with Gasteiger partial charge in [-0.15, -0.1) is 0 Å². The summed E-state index contributed by atoms with van der Waals surface area (Å²) < 4.78 is 7.24. The van der Waals surface area contributed by atoms with Crippen LogP contribution in [0.2, 0.25) is 0 Å². The monoisotopic (exact) mass is 365 g/mol. The topological polar surface area (TPSA) is 54.5 Å². The molecule has 2 aliphatic rings. The van der Waals surface area contributed by atoms with Crippen LogP contribution in [0, 0.1) is 0 Å². The van der Waals surface area contributed by atoms with Crippen molar-refractivity contribution in [3.8, 4) is 0 Å². The SMILES string of the molecule is O=C(CN1CCC2(C1)OCc1ccccc12)Nc1nc2ccccc2s1. The van der Waals surface area contributed by atoms with Crippen molar-refractivity contribution in [1.29, 1.82) is 0 Å². The maximum atomic E-state index is 12.5. The first-order valence-corrected chi connectivity index (χ1v) is 9.64. The third kappa shape index (κ3) is 2.70. The van der Waals surface area contributed by atoms with Crippen LogP contribution in [-0.4, -0.2) is 35.4 Å². The van der Waals surface area contributed by atoms with Gasteiger partial charge in [-0.2, -0.15) is 0 Å². The van der Waals surface area contributed by atoms with E-state index in [2.05, 4.69) is 39.5 Å². The molecule has 0 aliphatic carbocycles. The van der Waals surface area contributed by atoms with Gasteiger partial charge in [-0.1, -0.05) is 47.7 Å². The fourth-order valence-electron chi connectivity index (χ4n) is 4.00. The van der Waals surface area contributed by atoms with Crippen LogP contribution in [0.25, 0.3) is 10.2 Å². The molecule has 1 spiro atoms. The number of benzene rings is 2. The summed E-state index contributed by atoms with van der Waals surface area (Å²) in [4.78, 5) is 19.1. The van der Waals surface area contributed by atoms with Gasteiger partial charge in [0.1, 0.15) is 5.60 Å². The van der Waals surface area contributed by atoms with Crippen molar-refractivity contribution >= 4 is 32.6 Å². The quantitative estimate of drug-likeness (QED) is 0.773. The molecule has 1 amide bonds. The van der Waals surface area contributed by atoms with E-state index in [0.717, 1.165) is 29.7 Å². The molecule has 0 saturated carbocycles. The van der Waals surface area contributed by atoms with Crippen molar-refractivity contribution in [2.24, 2.45) is 0 Å². The number of carbonyl (C=O) groups is 1. The van der Waals surface area contributed by atoms with Gasteiger partial charge in [-0.3, -0.25) is 9.69 Å². The molecule has 3 heterocycles. The number of rotatable bonds is 3. The van der Waals surface area contributed by atoms with Gasteiger partial charge in [0, 0.05) is 13.1 Å². The van der Waals surface area contributed by atoms with Crippen LogP contribution in [0.5, 0.6) is 0 Å². The minimum atomic E-state index is -0.243. The number of hydrogen-bond donors (Lipinski definition) is 1. The maximum absolute atomic E-state index is 12.5. The molecule has 0 bridgehead atoms. The van der Waals surface area contributed by atoms with Crippen molar-refractivity contribution in [3.63, 3.8) is 0 Å². The van der Waals surface area contributed by atoms with Crippen LogP contribution in [0.4, 0.5) is 5.13 Å². The number of nitrogens with zero attached hydrogens (tertiary/aromatic N) is 2. The summed E-state index contributed by atoms with van der Waals surface area (Å²) in [6, 6.07) is 16.3. The van der Waals surface area contributed by atoms with E-state index in [1.165, 1.54) is 22.5 Å². The zero-order chi connectivity index (χ0) is 17.6. The normalized spacial score (nSPS) is 22.2. The smallest absolute Gasteiger partial charge is 0.240 e. The summed E-state index contributed by atoms with van der Waals surface area (Å²) in [5.41, 5.74) is 3.23. The zero-order valence-electron chi connectivity index (χ0n) is 14.3. The number of ether oxygens (including phenoxy) is 1. The lowest BCUT2D eigenvalue weighted by atomic mass is 9.92. The average Bonchev–Trinajstić information content (AvgIpc) is 3.33. The van der Waals surface area contributed by atoms with Gasteiger partial charge in [0.2, 0.25) is 5.91 Å². The van der Waals surface area contributed by atoms with Crippen LogP contribution >= 0.6 is 11.3 Å². The minimum absolute atomic E-state index is 0.0209. The molecule has 1 atom stereocenters. The Hall–Kier alpha value is -2.28. The van der Waals surface area contributed by atoms with Gasteiger partial charge < -0.3 is 10.1 Å². The van der Waals surface area contributed by atoms with Gasteiger partial charge in [0.15, 0.2) is 5.13 Å². The molecule has 1 fully saturated rings. The van der Waals surface area contributed by atoms with E-state index in [9.17, 15) is 4.79 Å². The predicted molar refractivity (Wildman–Crippen MR) is 102 cm³/mol. The van der Waals surface area contributed by atoms with Crippen LogP contribution < -0.4 is 5.32 Å². The van der Waals surface area contributed by atoms with E-state index in [-0.39, 0.29) is 11.5 Å². The third-order valence-electron chi connectivity index (χ3n) is 5.23.